The smallest absolute Gasteiger partial charge is 0.162 e. The van der Waals surface area contributed by atoms with Gasteiger partial charge in [0.05, 0.1) is 26.5 Å². The van der Waals surface area contributed by atoms with Crippen LogP contribution in [-0.4, -0.2) is 53.6 Å². The van der Waals surface area contributed by atoms with E-state index in [0.29, 0.717) is 11.6 Å². The second kappa shape index (κ2) is 8.00. The Morgan fingerprint density at radius 2 is 1.90 bits per heavy atom. The van der Waals surface area contributed by atoms with Crippen molar-refractivity contribution in [3.8, 4) is 17.1 Å². The van der Waals surface area contributed by atoms with Crippen LogP contribution in [0.2, 0.25) is 0 Å². The fraction of sp³-hybridized carbons (Fsp3) is 0.227. The second-order valence-corrected chi connectivity index (χ2v) is 7.03. The van der Waals surface area contributed by atoms with E-state index in [1.807, 2.05) is 24.3 Å². The van der Waals surface area contributed by atoms with Gasteiger partial charge >= 0.3 is 0 Å². The Balaban J connectivity index is 1.45. The van der Waals surface area contributed by atoms with E-state index in [1.54, 1.807) is 13.3 Å². The highest BCUT2D eigenvalue weighted by atomic mass is 16.5. The molecule has 2 N–H and O–H groups in total. The molecule has 0 radical (unpaired) electrons. The number of nitrogens with one attached hydrogen (secondary N) is 2. The first-order valence-corrected chi connectivity index (χ1v) is 9.85. The van der Waals surface area contributed by atoms with Crippen molar-refractivity contribution in [1.29, 1.82) is 0 Å². The Bertz CT molecular complexity index is 1150. The summed E-state index contributed by atoms with van der Waals surface area (Å²) in [6.45, 7) is 3.37. The monoisotopic (exact) mass is 402 g/mol. The summed E-state index contributed by atoms with van der Waals surface area (Å²) in [5.74, 6) is 2.04. The Morgan fingerprint density at radius 1 is 1.07 bits per heavy atom. The molecular weight excluding hydrogens is 380 g/mol. The number of ether oxygens (including phenoxy) is 2. The zero-order valence-electron chi connectivity index (χ0n) is 16.6. The van der Waals surface area contributed by atoms with Gasteiger partial charge in [0.2, 0.25) is 0 Å². The van der Waals surface area contributed by atoms with Crippen molar-refractivity contribution in [1.82, 2.24) is 20.2 Å². The highest BCUT2D eigenvalue weighted by Gasteiger charge is 2.14. The van der Waals surface area contributed by atoms with Crippen molar-refractivity contribution >= 4 is 28.2 Å². The fourth-order valence-corrected chi connectivity index (χ4v) is 3.54. The van der Waals surface area contributed by atoms with Crippen LogP contribution in [0.25, 0.3) is 22.4 Å². The molecule has 8 nitrogen and oxygen atoms in total. The second-order valence-electron chi connectivity index (χ2n) is 7.03. The van der Waals surface area contributed by atoms with Crippen LogP contribution in [0.15, 0.2) is 54.7 Å². The lowest BCUT2D eigenvalue weighted by Gasteiger charge is -2.28. The Hall–Kier alpha value is -3.65. The van der Waals surface area contributed by atoms with Gasteiger partial charge in [-0.1, -0.05) is 12.1 Å². The standard InChI is InChI=1S/C22H22N6O2/c1-29-18-4-2-3-15(13-18)21-25-19-14-23-27-20(19)22(26-21)24-16-5-7-17(8-6-16)28-9-11-30-12-10-28/h2-8,13-14H,9-12H2,1H3,(H,23,27)(H,24,25,26). The number of hydrogen-bond acceptors (Lipinski definition) is 7. The third-order valence-electron chi connectivity index (χ3n) is 5.13. The maximum absolute atomic E-state index is 5.43. The minimum absolute atomic E-state index is 0.607. The summed E-state index contributed by atoms with van der Waals surface area (Å²) in [7, 11) is 1.65. The van der Waals surface area contributed by atoms with Gasteiger partial charge in [-0.05, 0) is 36.4 Å². The first-order valence-electron chi connectivity index (χ1n) is 9.85. The molecule has 4 aromatic rings. The summed E-state index contributed by atoms with van der Waals surface area (Å²) in [6.07, 6.45) is 1.70. The summed E-state index contributed by atoms with van der Waals surface area (Å²) in [4.78, 5) is 11.7. The van der Waals surface area contributed by atoms with Gasteiger partial charge < -0.3 is 19.7 Å². The lowest BCUT2D eigenvalue weighted by atomic mass is 10.2. The van der Waals surface area contributed by atoms with E-state index in [1.165, 1.54) is 5.69 Å². The zero-order chi connectivity index (χ0) is 20.3. The van der Waals surface area contributed by atoms with Crippen molar-refractivity contribution in [3.05, 3.63) is 54.7 Å². The number of rotatable bonds is 5. The van der Waals surface area contributed by atoms with Crippen LogP contribution in [-0.2, 0) is 4.74 Å². The number of H-pyrrole nitrogens is 1. The predicted octanol–water partition coefficient (Wildman–Crippen LogP) is 3.61. The minimum Gasteiger partial charge on any atom is -0.497 e. The quantitative estimate of drug-likeness (QED) is 0.527. The number of aromatic nitrogens is 4. The summed E-state index contributed by atoms with van der Waals surface area (Å²) in [5.41, 5.74) is 4.52. The van der Waals surface area contributed by atoms with E-state index in [2.05, 4.69) is 49.7 Å². The number of benzene rings is 2. The lowest BCUT2D eigenvalue weighted by Crippen LogP contribution is -2.36. The van der Waals surface area contributed by atoms with Crippen molar-refractivity contribution < 1.29 is 9.47 Å². The molecule has 0 unspecified atom stereocenters. The van der Waals surface area contributed by atoms with Crippen LogP contribution in [0.4, 0.5) is 17.2 Å². The normalized spacial score (nSPS) is 14.1. The third-order valence-corrected chi connectivity index (χ3v) is 5.13. The first-order chi connectivity index (χ1) is 14.8. The highest BCUT2D eigenvalue weighted by molar-refractivity contribution is 5.88. The van der Waals surface area contributed by atoms with E-state index in [4.69, 9.17) is 14.5 Å². The molecule has 1 saturated heterocycles. The molecule has 0 atom stereocenters. The van der Waals surface area contributed by atoms with Gasteiger partial charge in [0, 0.05) is 30.0 Å². The molecule has 1 fully saturated rings. The molecule has 0 saturated carbocycles. The van der Waals surface area contributed by atoms with Crippen LogP contribution >= 0.6 is 0 Å². The SMILES string of the molecule is COc1cccc(-c2nc(Nc3ccc(N4CCOCC4)cc3)c3[nH]ncc3n2)c1. The van der Waals surface area contributed by atoms with Crippen molar-refractivity contribution in [2.24, 2.45) is 0 Å². The molecule has 5 rings (SSSR count). The number of morpholine rings is 1. The number of hydrogen-bond donors (Lipinski definition) is 2. The molecule has 0 spiro atoms. The number of methoxy groups -OCH3 is 1. The fourth-order valence-electron chi connectivity index (χ4n) is 3.54. The average molecular weight is 402 g/mol. The lowest BCUT2D eigenvalue weighted by molar-refractivity contribution is 0.122. The van der Waals surface area contributed by atoms with E-state index < -0.39 is 0 Å². The summed E-state index contributed by atoms with van der Waals surface area (Å²) >= 11 is 0. The molecule has 0 bridgehead atoms. The molecule has 3 heterocycles. The van der Waals surface area contributed by atoms with Crippen LogP contribution in [0.3, 0.4) is 0 Å². The van der Waals surface area contributed by atoms with Gasteiger partial charge in [0.1, 0.15) is 16.8 Å². The molecule has 2 aromatic carbocycles. The molecule has 30 heavy (non-hydrogen) atoms. The Labute approximate surface area is 173 Å². The van der Waals surface area contributed by atoms with Crippen LogP contribution in [0.5, 0.6) is 5.75 Å². The Kier molecular flexibility index (Phi) is 4.90. The Morgan fingerprint density at radius 3 is 2.70 bits per heavy atom. The largest absolute Gasteiger partial charge is 0.497 e. The third kappa shape index (κ3) is 3.65. The minimum atomic E-state index is 0.607. The van der Waals surface area contributed by atoms with Crippen LogP contribution in [0.1, 0.15) is 0 Å². The molecule has 0 amide bonds. The van der Waals surface area contributed by atoms with Crippen molar-refractivity contribution in [2.45, 2.75) is 0 Å². The molecule has 152 valence electrons. The number of nitrogens with zero attached hydrogens (tertiary/aromatic N) is 4. The van der Waals surface area contributed by atoms with Crippen molar-refractivity contribution in [3.63, 3.8) is 0 Å². The van der Waals surface area contributed by atoms with Crippen LogP contribution < -0.4 is 15.0 Å². The maximum Gasteiger partial charge on any atom is 0.162 e. The predicted molar refractivity (Wildman–Crippen MR) is 116 cm³/mol. The summed E-state index contributed by atoms with van der Waals surface area (Å²) < 4.78 is 10.8. The van der Waals surface area contributed by atoms with E-state index in [-0.39, 0.29) is 0 Å². The van der Waals surface area contributed by atoms with Crippen molar-refractivity contribution in [2.75, 3.05) is 43.6 Å². The van der Waals surface area contributed by atoms with Gasteiger partial charge in [0.15, 0.2) is 11.6 Å². The topological polar surface area (TPSA) is 88.2 Å². The highest BCUT2D eigenvalue weighted by Crippen LogP contribution is 2.28. The zero-order valence-corrected chi connectivity index (χ0v) is 16.6. The van der Waals surface area contributed by atoms with Gasteiger partial charge in [-0.3, -0.25) is 5.10 Å². The van der Waals surface area contributed by atoms with E-state index in [0.717, 1.165) is 54.3 Å². The number of fused-ring (bicyclic) bond motifs is 1. The van der Waals surface area contributed by atoms with Gasteiger partial charge in [0.25, 0.3) is 0 Å². The molecule has 8 heteroatoms. The average Bonchev–Trinajstić information content (AvgIpc) is 3.29. The van der Waals surface area contributed by atoms with Gasteiger partial charge in [-0.2, -0.15) is 5.10 Å². The maximum atomic E-state index is 5.43. The first kappa shape index (κ1) is 18.4. The summed E-state index contributed by atoms with van der Waals surface area (Å²) in [6, 6.07) is 16.0. The molecule has 1 aliphatic rings. The number of anilines is 3. The molecule has 1 aliphatic heterocycles. The van der Waals surface area contributed by atoms with E-state index in [9.17, 15) is 0 Å². The van der Waals surface area contributed by atoms with Crippen LogP contribution in [0, 0.1) is 0 Å². The van der Waals surface area contributed by atoms with Gasteiger partial charge in [-0.15, -0.1) is 0 Å². The molecular formula is C22H22N6O2. The van der Waals surface area contributed by atoms with Gasteiger partial charge in [-0.25, -0.2) is 9.97 Å². The summed E-state index contributed by atoms with van der Waals surface area (Å²) in [5, 5.41) is 10.5. The van der Waals surface area contributed by atoms with E-state index >= 15 is 0 Å². The molecule has 0 aliphatic carbocycles. The number of aromatic amines is 1. The molecule has 2 aromatic heterocycles.